The number of anilines is 2. The van der Waals surface area contributed by atoms with Crippen molar-refractivity contribution in [2.24, 2.45) is 5.10 Å². The number of halogens is 1. The molecular formula is C23H20BrN5. The zero-order valence-electron chi connectivity index (χ0n) is 16.2. The average molecular weight is 446 g/mol. The van der Waals surface area contributed by atoms with Crippen molar-refractivity contribution in [3.63, 3.8) is 0 Å². The minimum atomic E-state index is 0.458. The van der Waals surface area contributed by atoms with E-state index in [-0.39, 0.29) is 0 Å². The van der Waals surface area contributed by atoms with Gasteiger partial charge in [-0.05, 0) is 35.9 Å². The van der Waals surface area contributed by atoms with Crippen molar-refractivity contribution in [3.05, 3.63) is 82.8 Å². The molecule has 0 atom stereocenters. The van der Waals surface area contributed by atoms with Crippen LogP contribution in [0.15, 0.2) is 82.4 Å². The molecule has 0 bridgehead atoms. The zero-order chi connectivity index (χ0) is 20.2. The Balaban J connectivity index is 1.65. The first-order valence-electron chi connectivity index (χ1n) is 9.19. The van der Waals surface area contributed by atoms with Gasteiger partial charge in [0.05, 0.1) is 17.4 Å². The molecule has 1 aromatic heterocycles. The topological polar surface area (TPSA) is 53.4 Å². The lowest BCUT2D eigenvalue weighted by atomic mass is 10.1. The summed E-state index contributed by atoms with van der Waals surface area (Å²) >= 11 is 3.54. The molecule has 29 heavy (non-hydrogen) atoms. The minimum absolute atomic E-state index is 0.458. The maximum absolute atomic E-state index is 4.72. The van der Waals surface area contributed by atoms with Crippen molar-refractivity contribution >= 4 is 44.7 Å². The first-order chi connectivity index (χ1) is 14.1. The summed E-state index contributed by atoms with van der Waals surface area (Å²) < 4.78 is 0.991. The van der Waals surface area contributed by atoms with Gasteiger partial charge in [0, 0.05) is 35.2 Å². The maximum atomic E-state index is 4.72. The molecule has 0 radical (unpaired) electrons. The predicted octanol–water partition coefficient (Wildman–Crippen LogP) is 5.57. The SMILES string of the molecule is CN(C)c1ccc(/C=N/Nc2nc(-c3ccccc3)c3cc(Br)ccc3n2)cc1. The summed E-state index contributed by atoms with van der Waals surface area (Å²) in [5.41, 5.74) is 7.87. The molecule has 0 fully saturated rings. The van der Waals surface area contributed by atoms with Gasteiger partial charge in [-0.25, -0.2) is 15.4 Å². The van der Waals surface area contributed by atoms with Gasteiger partial charge in [0.2, 0.25) is 5.95 Å². The van der Waals surface area contributed by atoms with Crippen molar-refractivity contribution in [1.82, 2.24) is 9.97 Å². The lowest BCUT2D eigenvalue weighted by Gasteiger charge is -2.11. The lowest BCUT2D eigenvalue weighted by Crippen LogP contribution is -2.08. The van der Waals surface area contributed by atoms with Crippen molar-refractivity contribution < 1.29 is 0 Å². The van der Waals surface area contributed by atoms with Crippen molar-refractivity contribution in [1.29, 1.82) is 0 Å². The van der Waals surface area contributed by atoms with Crippen LogP contribution in [0, 0.1) is 0 Å². The molecule has 0 spiro atoms. The molecule has 0 unspecified atom stereocenters. The van der Waals surface area contributed by atoms with E-state index >= 15 is 0 Å². The molecule has 1 heterocycles. The van der Waals surface area contributed by atoms with Crippen LogP contribution in [0.4, 0.5) is 11.6 Å². The molecule has 4 aromatic rings. The van der Waals surface area contributed by atoms with Gasteiger partial charge in [-0.2, -0.15) is 5.10 Å². The van der Waals surface area contributed by atoms with Gasteiger partial charge in [-0.15, -0.1) is 0 Å². The first kappa shape index (κ1) is 19.1. The lowest BCUT2D eigenvalue weighted by molar-refractivity contribution is 1.13. The molecule has 0 amide bonds. The molecule has 0 aliphatic carbocycles. The van der Waals surface area contributed by atoms with E-state index in [1.54, 1.807) is 6.21 Å². The molecule has 0 aliphatic rings. The molecule has 4 rings (SSSR count). The first-order valence-corrected chi connectivity index (χ1v) is 9.99. The highest BCUT2D eigenvalue weighted by molar-refractivity contribution is 9.10. The van der Waals surface area contributed by atoms with E-state index in [4.69, 9.17) is 4.98 Å². The highest BCUT2D eigenvalue weighted by atomic mass is 79.9. The van der Waals surface area contributed by atoms with Gasteiger partial charge in [0.15, 0.2) is 0 Å². The summed E-state index contributed by atoms with van der Waals surface area (Å²) in [5, 5.41) is 5.31. The van der Waals surface area contributed by atoms with Gasteiger partial charge < -0.3 is 4.90 Å². The Morgan fingerprint density at radius 2 is 1.69 bits per heavy atom. The van der Waals surface area contributed by atoms with Gasteiger partial charge in [0.25, 0.3) is 0 Å². The molecule has 1 N–H and O–H groups in total. The molecule has 0 saturated heterocycles. The largest absolute Gasteiger partial charge is 0.378 e. The van der Waals surface area contributed by atoms with Gasteiger partial charge >= 0.3 is 0 Å². The fraction of sp³-hybridized carbons (Fsp3) is 0.0870. The van der Waals surface area contributed by atoms with E-state index in [9.17, 15) is 0 Å². The van der Waals surface area contributed by atoms with Crippen LogP contribution in [0.2, 0.25) is 0 Å². The second kappa shape index (κ2) is 8.41. The van der Waals surface area contributed by atoms with E-state index in [0.717, 1.165) is 37.9 Å². The number of nitrogens with zero attached hydrogens (tertiary/aromatic N) is 4. The van der Waals surface area contributed by atoms with Crippen LogP contribution >= 0.6 is 15.9 Å². The summed E-state index contributed by atoms with van der Waals surface area (Å²) in [6.45, 7) is 0. The van der Waals surface area contributed by atoms with E-state index in [0.29, 0.717) is 5.95 Å². The number of benzene rings is 3. The van der Waals surface area contributed by atoms with E-state index in [2.05, 4.69) is 48.5 Å². The second-order valence-corrected chi connectivity index (χ2v) is 7.69. The summed E-state index contributed by atoms with van der Waals surface area (Å²) in [4.78, 5) is 11.4. The average Bonchev–Trinajstić information content (AvgIpc) is 2.74. The Hall–Kier alpha value is -3.25. The van der Waals surface area contributed by atoms with Crippen molar-refractivity contribution in [3.8, 4) is 11.3 Å². The quantitative estimate of drug-likeness (QED) is 0.322. The Morgan fingerprint density at radius 1 is 0.931 bits per heavy atom. The smallest absolute Gasteiger partial charge is 0.244 e. The number of hydrogen-bond acceptors (Lipinski definition) is 5. The molecular weight excluding hydrogens is 426 g/mol. The van der Waals surface area contributed by atoms with Crippen LogP contribution in [0.3, 0.4) is 0 Å². The molecule has 6 heteroatoms. The van der Waals surface area contributed by atoms with Crippen LogP contribution in [0.5, 0.6) is 0 Å². The molecule has 3 aromatic carbocycles. The normalized spacial score (nSPS) is 11.1. The van der Waals surface area contributed by atoms with E-state index in [1.165, 1.54) is 0 Å². The predicted molar refractivity (Wildman–Crippen MR) is 125 cm³/mol. The van der Waals surface area contributed by atoms with Crippen LogP contribution in [-0.4, -0.2) is 30.3 Å². The zero-order valence-corrected chi connectivity index (χ0v) is 17.8. The fourth-order valence-corrected chi connectivity index (χ4v) is 3.35. The Labute approximate surface area is 178 Å². The van der Waals surface area contributed by atoms with Crippen LogP contribution in [-0.2, 0) is 0 Å². The molecule has 144 valence electrons. The fourth-order valence-electron chi connectivity index (χ4n) is 2.99. The summed E-state index contributed by atoms with van der Waals surface area (Å²) in [6, 6.07) is 24.2. The number of nitrogens with one attached hydrogen (secondary N) is 1. The van der Waals surface area contributed by atoms with Crippen LogP contribution in [0.1, 0.15) is 5.56 Å². The van der Waals surface area contributed by atoms with Crippen LogP contribution < -0.4 is 10.3 Å². The van der Waals surface area contributed by atoms with Gasteiger partial charge in [-0.3, -0.25) is 0 Å². The summed E-state index contributed by atoms with van der Waals surface area (Å²) in [7, 11) is 4.04. The van der Waals surface area contributed by atoms with E-state index in [1.807, 2.05) is 74.8 Å². The summed E-state index contributed by atoms with van der Waals surface area (Å²) in [5.74, 6) is 0.458. The third-order valence-corrected chi connectivity index (χ3v) is 4.99. The number of aromatic nitrogens is 2. The Kier molecular flexibility index (Phi) is 5.53. The number of hydrogen-bond donors (Lipinski definition) is 1. The second-order valence-electron chi connectivity index (χ2n) is 6.78. The molecule has 0 saturated carbocycles. The third kappa shape index (κ3) is 4.43. The highest BCUT2D eigenvalue weighted by Gasteiger charge is 2.10. The Bertz CT molecular complexity index is 1160. The third-order valence-electron chi connectivity index (χ3n) is 4.49. The highest BCUT2D eigenvalue weighted by Crippen LogP contribution is 2.29. The Morgan fingerprint density at radius 3 is 2.41 bits per heavy atom. The molecule has 5 nitrogen and oxygen atoms in total. The minimum Gasteiger partial charge on any atom is -0.378 e. The standard InChI is InChI=1S/C23H20BrN5/c1-29(2)19-11-8-16(9-12-19)15-25-28-23-26-21-13-10-18(24)14-20(21)22(27-23)17-6-4-3-5-7-17/h3-15H,1-2H3,(H,26,27,28)/b25-15+. The van der Waals surface area contributed by atoms with E-state index < -0.39 is 0 Å². The van der Waals surface area contributed by atoms with Crippen molar-refractivity contribution in [2.75, 3.05) is 24.4 Å². The summed E-state index contributed by atoms with van der Waals surface area (Å²) in [6.07, 6.45) is 1.76. The van der Waals surface area contributed by atoms with Gasteiger partial charge in [0.1, 0.15) is 0 Å². The monoisotopic (exact) mass is 445 g/mol. The van der Waals surface area contributed by atoms with Gasteiger partial charge in [-0.1, -0.05) is 58.4 Å². The number of hydrazone groups is 1. The number of rotatable bonds is 5. The molecule has 0 aliphatic heterocycles. The number of fused-ring (bicyclic) bond motifs is 1. The maximum Gasteiger partial charge on any atom is 0.244 e. The van der Waals surface area contributed by atoms with Crippen LogP contribution in [0.25, 0.3) is 22.2 Å². The van der Waals surface area contributed by atoms with Crippen molar-refractivity contribution in [2.45, 2.75) is 0 Å².